The summed E-state index contributed by atoms with van der Waals surface area (Å²) in [6.07, 6.45) is 1.54. The Morgan fingerprint density at radius 1 is 0.895 bits per heavy atom. The SMILES string of the molecule is COc1ccccc1C=NNC(=O)CSc1nnc(-c2cc(OC)c(OC)c(OC)c2)n1-c1ccccc1. The molecule has 0 fully saturated rings. The lowest BCUT2D eigenvalue weighted by atomic mass is 10.1. The molecule has 1 heterocycles. The summed E-state index contributed by atoms with van der Waals surface area (Å²) in [5.74, 6) is 2.45. The van der Waals surface area contributed by atoms with Gasteiger partial charge in [-0.15, -0.1) is 10.2 Å². The molecule has 0 aliphatic heterocycles. The summed E-state index contributed by atoms with van der Waals surface area (Å²) < 4.78 is 23.6. The van der Waals surface area contributed by atoms with Crippen LogP contribution in [-0.2, 0) is 4.79 Å². The average Bonchev–Trinajstić information content (AvgIpc) is 3.40. The van der Waals surface area contributed by atoms with Gasteiger partial charge < -0.3 is 18.9 Å². The molecule has 0 saturated heterocycles. The van der Waals surface area contributed by atoms with E-state index in [0.29, 0.717) is 39.5 Å². The summed E-state index contributed by atoms with van der Waals surface area (Å²) in [6, 6.07) is 20.6. The van der Waals surface area contributed by atoms with Gasteiger partial charge in [-0.05, 0) is 36.4 Å². The first-order valence-corrected chi connectivity index (χ1v) is 12.5. The minimum absolute atomic E-state index is 0.0729. The number of aromatic nitrogens is 3. The van der Waals surface area contributed by atoms with Crippen LogP contribution >= 0.6 is 11.8 Å². The second kappa shape index (κ2) is 12.6. The maximum Gasteiger partial charge on any atom is 0.250 e. The standard InChI is InChI=1S/C27H27N5O5S/c1-34-21-13-9-8-10-18(21)16-28-29-24(33)17-38-27-31-30-26(32(27)20-11-6-5-7-12-20)19-14-22(35-2)25(37-4)23(15-19)36-3/h5-16H,17H2,1-4H3,(H,29,33). The first-order valence-electron chi connectivity index (χ1n) is 11.5. The van der Waals surface area contributed by atoms with Crippen LogP contribution in [-0.4, -0.2) is 61.1 Å². The molecule has 1 N–H and O–H groups in total. The molecule has 0 unspecified atom stereocenters. The van der Waals surface area contributed by atoms with Crippen LogP contribution in [0.25, 0.3) is 17.1 Å². The number of ether oxygens (including phenoxy) is 4. The summed E-state index contributed by atoms with van der Waals surface area (Å²) in [4.78, 5) is 12.5. The lowest BCUT2D eigenvalue weighted by molar-refractivity contribution is -0.118. The number of thioether (sulfide) groups is 1. The Morgan fingerprint density at radius 2 is 1.55 bits per heavy atom. The predicted octanol–water partition coefficient (Wildman–Crippen LogP) is 4.21. The van der Waals surface area contributed by atoms with Crippen LogP contribution in [0, 0.1) is 0 Å². The molecule has 0 aliphatic carbocycles. The van der Waals surface area contributed by atoms with Gasteiger partial charge in [0.1, 0.15) is 5.75 Å². The number of hydrogen-bond donors (Lipinski definition) is 1. The molecular weight excluding hydrogens is 506 g/mol. The monoisotopic (exact) mass is 533 g/mol. The van der Waals surface area contributed by atoms with Crippen molar-refractivity contribution < 1.29 is 23.7 Å². The van der Waals surface area contributed by atoms with Crippen molar-refractivity contribution in [1.29, 1.82) is 0 Å². The number of rotatable bonds is 11. The van der Waals surface area contributed by atoms with Crippen molar-refractivity contribution in [3.63, 3.8) is 0 Å². The predicted molar refractivity (Wildman–Crippen MR) is 146 cm³/mol. The number of methoxy groups -OCH3 is 4. The van der Waals surface area contributed by atoms with E-state index in [9.17, 15) is 4.79 Å². The summed E-state index contributed by atoms with van der Waals surface area (Å²) in [5, 5.41) is 13.4. The van der Waals surface area contributed by atoms with Gasteiger partial charge in [-0.3, -0.25) is 9.36 Å². The maximum atomic E-state index is 12.5. The zero-order valence-electron chi connectivity index (χ0n) is 21.4. The van der Waals surface area contributed by atoms with Gasteiger partial charge >= 0.3 is 0 Å². The summed E-state index contributed by atoms with van der Waals surface area (Å²) in [6.45, 7) is 0. The van der Waals surface area contributed by atoms with E-state index in [1.807, 2.05) is 59.2 Å². The fourth-order valence-electron chi connectivity index (χ4n) is 3.68. The highest BCUT2D eigenvalue weighted by molar-refractivity contribution is 7.99. The third kappa shape index (κ3) is 5.89. The minimum Gasteiger partial charge on any atom is -0.496 e. The second-order valence-corrected chi connectivity index (χ2v) is 8.66. The van der Waals surface area contributed by atoms with Crippen molar-refractivity contribution in [1.82, 2.24) is 20.2 Å². The normalized spacial score (nSPS) is 10.8. The highest BCUT2D eigenvalue weighted by Crippen LogP contribution is 2.41. The van der Waals surface area contributed by atoms with Crippen molar-refractivity contribution >= 4 is 23.9 Å². The van der Waals surface area contributed by atoms with Gasteiger partial charge in [0, 0.05) is 16.8 Å². The van der Waals surface area contributed by atoms with E-state index in [4.69, 9.17) is 18.9 Å². The Morgan fingerprint density at radius 3 is 2.21 bits per heavy atom. The lowest BCUT2D eigenvalue weighted by Crippen LogP contribution is -2.20. The molecule has 3 aromatic carbocycles. The molecule has 38 heavy (non-hydrogen) atoms. The fourth-order valence-corrected chi connectivity index (χ4v) is 4.42. The fraction of sp³-hybridized carbons (Fsp3) is 0.185. The topological polar surface area (TPSA) is 109 Å². The number of hydrazone groups is 1. The Kier molecular flexibility index (Phi) is 8.83. The lowest BCUT2D eigenvalue weighted by Gasteiger charge is -2.15. The molecule has 196 valence electrons. The third-order valence-corrected chi connectivity index (χ3v) is 6.36. The summed E-state index contributed by atoms with van der Waals surface area (Å²) in [7, 11) is 6.24. The molecule has 0 atom stereocenters. The Labute approximate surface area is 224 Å². The molecule has 0 saturated carbocycles. The van der Waals surface area contributed by atoms with Gasteiger partial charge in [0.05, 0.1) is 40.4 Å². The van der Waals surface area contributed by atoms with Gasteiger partial charge in [-0.1, -0.05) is 42.1 Å². The van der Waals surface area contributed by atoms with Crippen LogP contribution in [0.5, 0.6) is 23.0 Å². The quantitative estimate of drug-likeness (QED) is 0.174. The Hall–Kier alpha value is -4.51. The number of carbonyl (C=O) groups is 1. The van der Waals surface area contributed by atoms with E-state index < -0.39 is 0 Å². The van der Waals surface area contributed by atoms with Gasteiger partial charge in [-0.2, -0.15) is 5.10 Å². The number of nitrogens with one attached hydrogen (secondary N) is 1. The zero-order valence-corrected chi connectivity index (χ0v) is 22.2. The van der Waals surface area contributed by atoms with E-state index in [0.717, 1.165) is 11.3 Å². The third-order valence-electron chi connectivity index (χ3n) is 5.43. The summed E-state index contributed by atoms with van der Waals surface area (Å²) in [5.41, 5.74) is 4.83. The first-order chi connectivity index (χ1) is 18.6. The number of nitrogens with zero attached hydrogens (tertiary/aromatic N) is 4. The molecule has 0 radical (unpaired) electrons. The minimum atomic E-state index is -0.293. The molecule has 0 bridgehead atoms. The van der Waals surface area contributed by atoms with Crippen molar-refractivity contribution in [3.05, 3.63) is 72.3 Å². The smallest absolute Gasteiger partial charge is 0.250 e. The van der Waals surface area contributed by atoms with Crippen LogP contribution in [0.15, 0.2) is 77.0 Å². The van der Waals surface area contributed by atoms with Crippen LogP contribution in [0.1, 0.15) is 5.56 Å². The van der Waals surface area contributed by atoms with E-state index in [-0.39, 0.29) is 11.7 Å². The van der Waals surface area contributed by atoms with Crippen LogP contribution in [0.3, 0.4) is 0 Å². The van der Waals surface area contributed by atoms with Crippen LogP contribution in [0.2, 0.25) is 0 Å². The highest BCUT2D eigenvalue weighted by Gasteiger charge is 2.21. The molecule has 0 spiro atoms. The largest absolute Gasteiger partial charge is 0.496 e. The summed E-state index contributed by atoms with van der Waals surface area (Å²) >= 11 is 1.24. The zero-order chi connectivity index (χ0) is 26.9. The van der Waals surface area contributed by atoms with E-state index >= 15 is 0 Å². The van der Waals surface area contributed by atoms with Gasteiger partial charge in [0.25, 0.3) is 5.91 Å². The molecule has 1 amide bonds. The Balaban J connectivity index is 1.59. The van der Waals surface area contributed by atoms with Gasteiger partial charge in [0.2, 0.25) is 5.75 Å². The number of carbonyl (C=O) groups excluding carboxylic acids is 1. The molecule has 0 aliphatic rings. The number of para-hydroxylation sites is 2. The number of hydrogen-bond acceptors (Lipinski definition) is 9. The van der Waals surface area contributed by atoms with Crippen molar-refractivity contribution in [2.75, 3.05) is 34.2 Å². The van der Waals surface area contributed by atoms with Crippen molar-refractivity contribution in [2.24, 2.45) is 5.10 Å². The second-order valence-electron chi connectivity index (χ2n) is 7.71. The van der Waals surface area contributed by atoms with Crippen LogP contribution < -0.4 is 24.4 Å². The molecule has 4 aromatic rings. The average molecular weight is 534 g/mol. The van der Waals surface area contributed by atoms with E-state index in [2.05, 4.69) is 20.7 Å². The highest BCUT2D eigenvalue weighted by atomic mass is 32.2. The maximum absolute atomic E-state index is 12.5. The van der Waals surface area contributed by atoms with Gasteiger partial charge in [-0.25, -0.2) is 5.43 Å². The first kappa shape index (κ1) is 26.6. The van der Waals surface area contributed by atoms with Gasteiger partial charge in [0.15, 0.2) is 22.5 Å². The molecule has 10 nitrogen and oxygen atoms in total. The van der Waals surface area contributed by atoms with E-state index in [1.165, 1.54) is 18.0 Å². The molecule has 11 heteroatoms. The Bertz CT molecular complexity index is 1400. The number of amides is 1. The van der Waals surface area contributed by atoms with E-state index in [1.54, 1.807) is 40.6 Å². The molecule has 4 rings (SSSR count). The van der Waals surface area contributed by atoms with Crippen molar-refractivity contribution in [2.45, 2.75) is 5.16 Å². The number of benzene rings is 3. The molecule has 1 aromatic heterocycles. The van der Waals surface area contributed by atoms with Crippen LogP contribution in [0.4, 0.5) is 0 Å². The van der Waals surface area contributed by atoms with Crippen molar-refractivity contribution in [3.8, 4) is 40.1 Å². The molecular formula is C27H27N5O5S.